The molecular weight excluding hydrogens is 458 g/mol. The molecule has 1 fully saturated rings. The van der Waals surface area contributed by atoms with Crippen LogP contribution in [0.4, 0.5) is 5.69 Å². The molecule has 1 aromatic heterocycles. The van der Waals surface area contributed by atoms with Gasteiger partial charge >= 0.3 is 0 Å². The average Bonchev–Trinajstić information content (AvgIpc) is 3.49. The number of aliphatic hydroxyl groups is 1. The van der Waals surface area contributed by atoms with E-state index in [2.05, 4.69) is 6.92 Å². The monoisotopic (exact) mass is 489 g/mol. The largest absolute Gasteiger partial charge is 0.507 e. The van der Waals surface area contributed by atoms with E-state index in [1.165, 1.54) is 11.2 Å². The predicted molar refractivity (Wildman–Crippen MR) is 137 cm³/mol. The van der Waals surface area contributed by atoms with Gasteiger partial charge in [0.05, 0.1) is 24.5 Å². The van der Waals surface area contributed by atoms with Crippen LogP contribution in [-0.4, -0.2) is 29.5 Å². The SMILES string of the molecule is CCCCCOc1ccc(/C(O)=C2/C(=O)C(=O)N(c3ccc(OC(C)C)cc3)C2c2ccco2)cc1. The standard InChI is InChI=1S/C29H31NO6/c1-4-5-6-17-34-22-13-9-20(10-14-22)27(31)25-26(24-8-7-18-35-24)30(29(33)28(25)32)21-11-15-23(16-12-21)36-19(2)3/h7-16,18-19,26,31H,4-6,17H2,1-3H3/b27-25-. The third-order valence-electron chi connectivity index (χ3n) is 5.89. The van der Waals surface area contributed by atoms with Crippen LogP contribution in [0.1, 0.15) is 57.4 Å². The highest BCUT2D eigenvalue weighted by molar-refractivity contribution is 6.51. The molecule has 1 saturated heterocycles. The van der Waals surface area contributed by atoms with Crippen molar-refractivity contribution in [3.63, 3.8) is 0 Å². The third-order valence-corrected chi connectivity index (χ3v) is 5.89. The summed E-state index contributed by atoms with van der Waals surface area (Å²) in [6, 6.07) is 16.2. The average molecular weight is 490 g/mol. The first-order valence-corrected chi connectivity index (χ1v) is 12.2. The van der Waals surface area contributed by atoms with Crippen molar-refractivity contribution >= 4 is 23.1 Å². The van der Waals surface area contributed by atoms with E-state index in [1.54, 1.807) is 60.7 Å². The van der Waals surface area contributed by atoms with Crippen molar-refractivity contribution in [1.82, 2.24) is 0 Å². The number of amides is 1. The van der Waals surface area contributed by atoms with Crippen molar-refractivity contribution < 1.29 is 28.6 Å². The van der Waals surface area contributed by atoms with Crippen molar-refractivity contribution in [2.45, 2.75) is 52.2 Å². The number of benzene rings is 2. The molecule has 1 atom stereocenters. The lowest BCUT2D eigenvalue weighted by molar-refractivity contribution is -0.132. The Labute approximate surface area is 210 Å². The Hall–Kier alpha value is -4.00. The molecule has 2 heterocycles. The van der Waals surface area contributed by atoms with Gasteiger partial charge in [-0.1, -0.05) is 19.8 Å². The number of rotatable bonds is 10. The molecule has 0 bridgehead atoms. The van der Waals surface area contributed by atoms with Crippen LogP contribution in [0.25, 0.3) is 5.76 Å². The molecule has 0 spiro atoms. The zero-order chi connectivity index (χ0) is 25.7. The molecule has 2 aromatic carbocycles. The number of aliphatic hydroxyl groups excluding tert-OH is 1. The van der Waals surface area contributed by atoms with E-state index in [0.717, 1.165) is 19.3 Å². The van der Waals surface area contributed by atoms with Crippen LogP contribution in [0.15, 0.2) is 76.9 Å². The van der Waals surface area contributed by atoms with Gasteiger partial charge in [0.25, 0.3) is 11.7 Å². The number of hydrogen-bond acceptors (Lipinski definition) is 6. The van der Waals surface area contributed by atoms with Gasteiger partial charge in [0.15, 0.2) is 0 Å². The molecule has 0 radical (unpaired) electrons. The Balaban J connectivity index is 1.68. The second-order valence-electron chi connectivity index (χ2n) is 8.92. The molecule has 7 nitrogen and oxygen atoms in total. The maximum absolute atomic E-state index is 13.2. The van der Waals surface area contributed by atoms with Gasteiger partial charge in [0.2, 0.25) is 0 Å². The fourth-order valence-electron chi connectivity index (χ4n) is 4.18. The summed E-state index contributed by atoms with van der Waals surface area (Å²) in [5.74, 6) is -0.0994. The fraction of sp³-hybridized carbons (Fsp3) is 0.310. The number of ketones is 1. The van der Waals surface area contributed by atoms with Crippen LogP contribution < -0.4 is 14.4 Å². The minimum atomic E-state index is -0.915. The Morgan fingerprint density at radius 1 is 1.00 bits per heavy atom. The van der Waals surface area contributed by atoms with Gasteiger partial charge in [-0.05, 0) is 80.9 Å². The van der Waals surface area contributed by atoms with E-state index in [-0.39, 0.29) is 17.4 Å². The Kier molecular flexibility index (Phi) is 7.78. The number of nitrogens with zero attached hydrogens (tertiary/aromatic N) is 1. The molecule has 1 aliphatic heterocycles. The molecule has 7 heteroatoms. The highest BCUT2D eigenvalue weighted by atomic mass is 16.5. The third kappa shape index (κ3) is 5.30. The quantitative estimate of drug-likeness (QED) is 0.156. The first kappa shape index (κ1) is 25.1. The number of Topliss-reactive ketones (excluding diaryl/α,β-unsaturated/α-hetero) is 1. The fourth-order valence-corrected chi connectivity index (χ4v) is 4.18. The zero-order valence-electron chi connectivity index (χ0n) is 20.8. The van der Waals surface area contributed by atoms with Gasteiger partial charge < -0.3 is 19.0 Å². The minimum absolute atomic E-state index is 0.00123. The molecule has 36 heavy (non-hydrogen) atoms. The second-order valence-corrected chi connectivity index (χ2v) is 8.92. The van der Waals surface area contributed by atoms with Crippen molar-refractivity contribution in [1.29, 1.82) is 0 Å². The van der Waals surface area contributed by atoms with Crippen LogP contribution in [0.3, 0.4) is 0 Å². The van der Waals surface area contributed by atoms with Gasteiger partial charge in [-0.3, -0.25) is 14.5 Å². The van der Waals surface area contributed by atoms with Crippen LogP contribution in [-0.2, 0) is 9.59 Å². The summed E-state index contributed by atoms with van der Waals surface area (Å²) >= 11 is 0. The molecule has 4 rings (SSSR count). The molecule has 3 aromatic rings. The molecule has 1 amide bonds. The molecular formula is C29H31NO6. The number of ether oxygens (including phenoxy) is 2. The normalized spacial score (nSPS) is 17.1. The molecule has 0 aliphatic carbocycles. The van der Waals surface area contributed by atoms with Gasteiger partial charge in [0, 0.05) is 11.3 Å². The van der Waals surface area contributed by atoms with Crippen molar-refractivity contribution in [2.75, 3.05) is 11.5 Å². The second kappa shape index (κ2) is 11.2. The van der Waals surface area contributed by atoms with E-state index in [1.807, 2.05) is 13.8 Å². The Morgan fingerprint density at radius 2 is 1.69 bits per heavy atom. The molecule has 1 unspecified atom stereocenters. The summed E-state index contributed by atoms with van der Waals surface area (Å²) < 4.78 is 17.0. The maximum Gasteiger partial charge on any atom is 0.300 e. The van der Waals surface area contributed by atoms with E-state index in [4.69, 9.17) is 13.9 Å². The Bertz CT molecular complexity index is 1210. The lowest BCUT2D eigenvalue weighted by atomic mass is 9.99. The topological polar surface area (TPSA) is 89.2 Å². The van der Waals surface area contributed by atoms with Gasteiger partial charge in [-0.15, -0.1) is 0 Å². The summed E-state index contributed by atoms with van der Waals surface area (Å²) in [6.07, 6.45) is 4.65. The number of carbonyl (C=O) groups is 2. The van der Waals surface area contributed by atoms with Crippen LogP contribution in [0.5, 0.6) is 11.5 Å². The van der Waals surface area contributed by atoms with Crippen LogP contribution in [0.2, 0.25) is 0 Å². The number of unbranched alkanes of at least 4 members (excludes halogenated alkanes) is 2. The number of furan rings is 1. The summed E-state index contributed by atoms with van der Waals surface area (Å²) in [6.45, 7) is 6.60. The molecule has 188 valence electrons. The minimum Gasteiger partial charge on any atom is -0.507 e. The summed E-state index contributed by atoms with van der Waals surface area (Å²) in [4.78, 5) is 27.7. The van der Waals surface area contributed by atoms with E-state index >= 15 is 0 Å². The van der Waals surface area contributed by atoms with Crippen LogP contribution >= 0.6 is 0 Å². The van der Waals surface area contributed by atoms with E-state index in [0.29, 0.717) is 35.1 Å². The molecule has 0 saturated carbocycles. The smallest absolute Gasteiger partial charge is 0.300 e. The van der Waals surface area contributed by atoms with E-state index in [9.17, 15) is 14.7 Å². The van der Waals surface area contributed by atoms with E-state index < -0.39 is 17.7 Å². The highest BCUT2D eigenvalue weighted by Gasteiger charge is 2.48. The Morgan fingerprint density at radius 3 is 2.31 bits per heavy atom. The predicted octanol–water partition coefficient (Wildman–Crippen LogP) is 6.26. The number of anilines is 1. The lowest BCUT2D eigenvalue weighted by Crippen LogP contribution is -2.29. The van der Waals surface area contributed by atoms with Crippen molar-refractivity contribution in [2.24, 2.45) is 0 Å². The maximum atomic E-state index is 13.2. The van der Waals surface area contributed by atoms with Crippen molar-refractivity contribution in [3.05, 3.63) is 83.8 Å². The van der Waals surface area contributed by atoms with Crippen molar-refractivity contribution in [3.8, 4) is 11.5 Å². The molecule has 1 aliphatic rings. The van der Waals surface area contributed by atoms with Gasteiger partial charge in [-0.2, -0.15) is 0 Å². The van der Waals surface area contributed by atoms with Gasteiger partial charge in [0.1, 0.15) is 29.1 Å². The summed E-state index contributed by atoms with van der Waals surface area (Å²) in [5.41, 5.74) is 0.865. The first-order valence-electron chi connectivity index (χ1n) is 12.2. The zero-order valence-corrected chi connectivity index (χ0v) is 20.8. The number of carbonyl (C=O) groups excluding carboxylic acids is 2. The summed E-state index contributed by atoms with van der Waals surface area (Å²) in [5, 5.41) is 11.2. The van der Waals surface area contributed by atoms with Gasteiger partial charge in [-0.25, -0.2) is 0 Å². The first-order chi connectivity index (χ1) is 17.4. The summed E-state index contributed by atoms with van der Waals surface area (Å²) in [7, 11) is 0. The molecule has 1 N–H and O–H groups in total. The highest BCUT2D eigenvalue weighted by Crippen LogP contribution is 2.42. The van der Waals surface area contributed by atoms with Crippen LogP contribution in [0, 0.1) is 0 Å². The number of hydrogen-bond donors (Lipinski definition) is 1. The lowest BCUT2D eigenvalue weighted by Gasteiger charge is -2.23.